The molecule has 26 heavy (non-hydrogen) atoms. The minimum atomic E-state index is -0.363. The average molecular weight is 369 g/mol. The van der Waals surface area contributed by atoms with Gasteiger partial charge < -0.3 is 14.3 Å². The van der Waals surface area contributed by atoms with Gasteiger partial charge in [-0.25, -0.2) is 4.79 Å². The topological polar surface area (TPSA) is 55.8 Å². The first-order valence-corrected chi connectivity index (χ1v) is 9.84. The number of methoxy groups -OCH3 is 1. The van der Waals surface area contributed by atoms with Crippen molar-refractivity contribution in [2.75, 3.05) is 13.7 Å². The van der Waals surface area contributed by atoms with Gasteiger partial charge in [-0.1, -0.05) is 49.2 Å². The van der Waals surface area contributed by atoms with Gasteiger partial charge in [0, 0.05) is 6.08 Å². The first-order valence-electron chi connectivity index (χ1n) is 8.69. The monoisotopic (exact) mass is 368 g/mol. The summed E-state index contributed by atoms with van der Waals surface area (Å²) in [6.45, 7) is 0.703. The van der Waals surface area contributed by atoms with Gasteiger partial charge >= 0.3 is 5.97 Å². The lowest BCUT2D eigenvalue weighted by Gasteiger charge is -2.07. The molecule has 2 rings (SSSR count). The standard InChI is InChI=1S/C21H24O4Si/c1-24-21(22)14-7-17-5-8-18(9-6-17)19-10-12-20(13-11-19)25-15-3-2-4-16-26-23/h5-14,23H,2-4,15-16H2,1H3/b14-7+. The zero-order valence-corrected chi connectivity index (χ0v) is 16.0. The number of hydrogen-bond donors (Lipinski definition) is 1. The number of rotatable bonds is 10. The van der Waals surface area contributed by atoms with Crippen molar-refractivity contribution in [3.05, 3.63) is 60.2 Å². The summed E-state index contributed by atoms with van der Waals surface area (Å²) >= 11 is 0. The predicted molar refractivity (Wildman–Crippen MR) is 105 cm³/mol. The first kappa shape index (κ1) is 19.9. The molecule has 2 aromatic rings. The Kier molecular flexibility index (Phi) is 8.66. The molecule has 1 N–H and O–H groups in total. The van der Waals surface area contributed by atoms with Gasteiger partial charge in [0.25, 0.3) is 0 Å². The maximum Gasteiger partial charge on any atom is 0.330 e. The van der Waals surface area contributed by atoms with Crippen molar-refractivity contribution >= 4 is 21.8 Å². The Bertz CT molecular complexity index is 693. The minimum absolute atomic E-state index is 0.0596. The van der Waals surface area contributed by atoms with Crippen LogP contribution < -0.4 is 4.74 Å². The van der Waals surface area contributed by atoms with Crippen LogP contribution >= 0.6 is 0 Å². The Labute approximate surface area is 157 Å². The van der Waals surface area contributed by atoms with Crippen molar-refractivity contribution in [3.8, 4) is 16.9 Å². The zero-order valence-electron chi connectivity index (χ0n) is 15.0. The molecule has 0 unspecified atom stereocenters. The summed E-state index contributed by atoms with van der Waals surface area (Å²) in [7, 11) is 1.42. The van der Waals surface area contributed by atoms with Gasteiger partial charge in [-0.05, 0) is 47.4 Å². The third-order valence-corrected chi connectivity index (χ3v) is 4.49. The third-order valence-electron chi connectivity index (χ3n) is 3.91. The van der Waals surface area contributed by atoms with Crippen LogP contribution in [0.15, 0.2) is 54.6 Å². The van der Waals surface area contributed by atoms with E-state index in [1.807, 2.05) is 48.5 Å². The van der Waals surface area contributed by atoms with Crippen molar-refractivity contribution in [1.82, 2.24) is 0 Å². The SMILES string of the molecule is COC(=O)/C=C/c1ccc(-c2ccc(OCCCCC[Si]O)cc2)cc1. The Morgan fingerprint density at radius 2 is 1.65 bits per heavy atom. The Morgan fingerprint density at radius 3 is 2.27 bits per heavy atom. The van der Waals surface area contributed by atoms with Crippen molar-refractivity contribution in [2.45, 2.75) is 25.3 Å². The second-order valence-corrected chi connectivity index (χ2v) is 6.64. The fraction of sp³-hybridized carbons (Fsp3) is 0.286. The molecule has 0 heterocycles. The molecule has 2 radical (unpaired) electrons. The van der Waals surface area contributed by atoms with Gasteiger partial charge in [0.05, 0.1) is 13.7 Å². The normalized spacial score (nSPS) is 10.8. The molecule has 0 aliphatic carbocycles. The summed E-state index contributed by atoms with van der Waals surface area (Å²) in [6.07, 6.45) is 6.29. The summed E-state index contributed by atoms with van der Waals surface area (Å²) in [6, 6.07) is 16.9. The van der Waals surface area contributed by atoms with Crippen molar-refractivity contribution in [2.24, 2.45) is 0 Å². The van der Waals surface area contributed by atoms with Crippen LogP contribution in [0.3, 0.4) is 0 Å². The Morgan fingerprint density at radius 1 is 1.00 bits per heavy atom. The quantitative estimate of drug-likeness (QED) is 0.297. The molecule has 4 nitrogen and oxygen atoms in total. The molecule has 0 saturated heterocycles. The molecule has 0 amide bonds. The second kappa shape index (κ2) is 11.3. The summed E-state index contributed by atoms with van der Waals surface area (Å²) in [4.78, 5) is 19.9. The van der Waals surface area contributed by atoms with E-state index in [2.05, 4.69) is 4.74 Å². The van der Waals surface area contributed by atoms with Crippen LogP contribution in [0.1, 0.15) is 24.8 Å². The van der Waals surface area contributed by atoms with Crippen LogP contribution in [-0.2, 0) is 9.53 Å². The molecule has 0 spiro atoms. The summed E-state index contributed by atoms with van der Waals surface area (Å²) in [5.74, 6) is 0.508. The van der Waals surface area contributed by atoms with Crippen LogP contribution in [0.4, 0.5) is 0 Å². The first-order chi connectivity index (χ1) is 12.7. The number of esters is 1. The van der Waals surface area contributed by atoms with Crippen LogP contribution in [0, 0.1) is 0 Å². The Balaban J connectivity index is 1.85. The fourth-order valence-corrected chi connectivity index (χ4v) is 2.84. The van der Waals surface area contributed by atoms with Crippen molar-refractivity contribution < 1.29 is 19.1 Å². The van der Waals surface area contributed by atoms with E-state index in [1.54, 1.807) is 6.08 Å². The van der Waals surface area contributed by atoms with Gasteiger partial charge in [-0.2, -0.15) is 0 Å². The highest BCUT2D eigenvalue weighted by atomic mass is 28.2. The lowest BCUT2D eigenvalue weighted by atomic mass is 10.0. The molecule has 0 aliphatic rings. The molecule has 5 heteroatoms. The van der Waals surface area contributed by atoms with E-state index >= 15 is 0 Å². The number of carbonyl (C=O) groups is 1. The van der Waals surface area contributed by atoms with Crippen molar-refractivity contribution in [1.29, 1.82) is 0 Å². The minimum Gasteiger partial charge on any atom is -0.494 e. The summed E-state index contributed by atoms with van der Waals surface area (Å²) < 4.78 is 10.3. The largest absolute Gasteiger partial charge is 0.494 e. The van der Waals surface area contributed by atoms with E-state index in [-0.39, 0.29) is 15.7 Å². The maximum atomic E-state index is 11.1. The molecule has 136 valence electrons. The third kappa shape index (κ3) is 6.86. The molecule has 0 aliphatic heterocycles. The van der Waals surface area contributed by atoms with Crippen LogP contribution in [0.5, 0.6) is 5.75 Å². The van der Waals surface area contributed by atoms with Crippen LogP contribution in [-0.4, -0.2) is 34.2 Å². The van der Waals surface area contributed by atoms with Gasteiger partial charge in [0.2, 0.25) is 9.76 Å². The molecular formula is C21H24O4Si. The number of hydrogen-bond acceptors (Lipinski definition) is 4. The van der Waals surface area contributed by atoms with Gasteiger partial charge in [-0.15, -0.1) is 0 Å². The maximum absolute atomic E-state index is 11.1. The summed E-state index contributed by atoms with van der Waals surface area (Å²) in [5, 5.41) is 0. The molecule has 0 fully saturated rings. The molecule has 0 aromatic heterocycles. The molecule has 0 atom stereocenters. The molecule has 0 saturated carbocycles. The fourth-order valence-electron chi connectivity index (χ4n) is 2.44. The lowest BCUT2D eigenvalue weighted by Crippen LogP contribution is -1.97. The smallest absolute Gasteiger partial charge is 0.330 e. The van der Waals surface area contributed by atoms with E-state index in [1.165, 1.54) is 13.2 Å². The lowest BCUT2D eigenvalue weighted by molar-refractivity contribution is -0.134. The van der Waals surface area contributed by atoms with Crippen molar-refractivity contribution in [3.63, 3.8) is 0 Å². The van der Waals surface area contributed by atoms with Gasteiger partial charge in [-0.3, -0.25) is 0 Å². The number of carbonyl (C=O) groups excluding carboxylic acids is 1. The van der Waals surface area contributed by atoms with E-state index in [4.69, 9.17) is 9.53 Å². The molecule has 2 aromatic carbocycles. The summed E-state index contributed by atoms with van der Waals surface area (Å²) in [5.41, 5.74) is 3.17. The van der Waals surface area contributed by atoms with Gasteiger partial charge in [0.15, 0.2) is 0 Å². The number of benzene rings is 2. The molecular weight excluding hydrogens is 344 g/mol. The second-order valence-electron chi connectivity index (χ2n) is 5.82. The van der Waals surface area contributed by atoms with E-state index < -0.39 is 0 Å². The Hall–Kier alpha value is -2.37. The number of ether oxygens (including phenoxy) is 2. The van der Waals surface area contributed by atoms with Gasteiger partial charge in [0.1, 0.15) is 5.75 Å². The van der Waals surface area contributed by atoms with Crippen LogP contribution in [0.25, 0.3) is 17.2 Å². The highest BCUT2D eigenvalue weighted by Crippen LogP contribution is 2.23. The van der Waals surface area contributed by atoms with E-state index in [0.717, 1.165) is 47.7 Å². The predicted octanol–water partition coefficient (Wildman–Crippen LogP) is 4.12. The highest BCUT2D eigenvalue weighted by Gasteiger charge is 2.00. The zero-order chi connectivity index (χ0) is 18.6. The number of unbranched alkanes of at least 4 members (excludes halogenated alkanes) is 2. The van der Waals surface area contributed by atoms with Crippen LogP contribution in [0.2, 0.25) is 6.04 Å². The van der Waals surface area contributed by atoms with E-state index in [0.29, 0.717) is 6.61 Å². The van der Waals surface area contributed by atoms with E-state index in [9.17, 15) is 4.79 Å². The molecule has 0 bridgehead atoms. The highest BCUT2D eigenvalue weighted by molar-refractivity contribution is 6.25. The average Bonchev–Trinajstić information content (AvgIpc) is 2.69.